The van der Waals surface area contributed by atoms with Gasteiger partial charge in [0.2, 0.25) is 0 Å². The van der Waals surface area contributed by atoms with Crippen molar-refractivity contribution in [1.82, 2.24) is 5.32 Å². The van der Waals surface area contributed by atoms with Gasteiger partial charge in [0.05, 0.1) is 0 Å². The summed E-state index contributed by atoms with van der Waals surface area (Å²) in [6.07, 6.45) is 4.07. The van der Waals surface area contributed by atoms with E-state index in [0.29, 0.717) is 17.5 Å². The van der Waals surface area contributed by atoms with Crippen LogP contribution in [0.2, 0.25) is 0 Å². The molecule has 1 aliphatic carbocycles. The zero-order chi connectivity index (χ0) is 13.8. The van der Waals surface area contributed by atoms with Gasteiger partial charge in [-0.05, 0) is 38.3 Å². The molecule has 1 aliphatic rings. The molecule has 1 aromatic carbocycles. The SMILES string of the molecule is Cc1ccc(N)cc1OC(C)C(=O)NC1CCCC1. The van der Waals surface area contributed by atoms with Gasteiger partial charge < -0.3 is 15.8 Å². The Bertz CT molecular complexity index is 453. The van der Waals surface area contributed by atoms with Gasteiger partial charge in [-0.1, -0.05) is 18.9 Å². The van der Waals surface area contributed by atoms with E-state index in [-0.39, 0.29) is 5.91 Å². The van der Waals surface area contributed by atoms with E-state index < -0.39 is 6.10 Å². The fourth-order valence-corrected chi connectivity index (χ4v) is 2.38. The first-order valence-electron chi connectivity index (χ1n) is 6.89. The van der Waals surface area contributed by atoms with Crippen LogP contribution in [-0.2, 0) is 4.79 Å². The molecule has 0 radical (unpaired) electrons. The lowest BCUT2D eigenvalue weighted by molar-refractivity contribution is -0.127. The zero-order valence-electron chi connectivity index (χ0n) is 11.6. The number of ether oxygens (including phenoxy) is 1. The van der Waals surface area contributed by atoms with E-state index in [1.807, 2.05) is 19.1 Å². The third kappa shape index (κ3) is 3.63. The fraction of sp³-hybridized carbons (Fsp3) is 0.533. The molecule has 0 spiro atoms. The smallest absolute Gasteiger partial charge is 0.260 e. The van der Waals surface area contributed by atoms with Crippen molar-refractivity contribution < 1.29 is 9.53 Å². The van der Waals surface area contributed by atoms with Gasteiger partial charge in [-0.25, -0.2) is 0 Å². The first-order valence-corrected chi connectivity index (χ1v) is 6.89. The summed E-state index contributed by atoms with van der Waals surface area (Å²) in [4.78, 5) is 12.0. The number of carbonyl (C=O) groups is 1. The maximum Gasteiger partial charge on any atom is 0.260 e. The Morgan fingerprint density at radius 2 is 2.11 bits per heavy atom. The van der Waals surface area contributed by atoms with Gasteiger partial charge in [-0.2, -0.15) is 0 Å². The van der Waals surface area contributed by atoms with Gasteiger partial charge in [0.25, 0.3) is 5.91 Å². The van der Waals surface area contributed by atoms with Crippen LogP contribution in [0.5, 0.6) is 5.75 Å². The quantitative estimate of drug-likeness (QED) is 0.819. The van der Waals surface area contributed by atoms with Crippen molar-refractivity contribution in [3.8, 4) is 5.75 Å². The fourth-order valence-electron chi connectivity index (χ4n) is 2.38. The predicted molar refractivity (Wildman–Crippen MR) is 76.1 cm³/mol. The van der Waals surface area contributed by atoms with Crippen molar-refractivity contribution in [2.45, 2.75) is 51.7 Å². The third-order valence-corrected chi connectivity index (χ3v) is 3.59. The van der Waals surface area contributed by atoms with Crippen LogP contribution in [-0.4, -0.2) is 18.1 Å². The normalized spacial score (nSPS) is 17.2. The highest BCUT2D eigenvalue weighted by molar-refractivity contribution is 5.81. The second kappa shape index (κ2) is 5.95. The van der Waals surface area contributed by atoms with E-state index in [1.54, 1.807) is 13.0 Å². The molecule has 0 aromatic heterocycles. The molecule has 0 aliphatic heterocycles. The highest BCUT2D eigenvalue weighted by Crippen LogP contribution is 2.22. The summed E-state index contributed by atoms with van der Waals surface area (Å²) in [6.45, 7) is 3.71. The maximum absolute atomic E-state index is 12.0. The Balaban J connectivity index is 1.93. The van der Waals surface area contributed by atoms with Crippen LogP contribution >= 0.6 is 0 Å². The number of nitrogens with two attached hydrogens (primary N) is 1. The minimum atomic E-state index is -0.499. The predicted octanol–water partition coefficient (Wildman–Crippen LogP) is 2.40. The molecule has 0 heterocycles. The Labute approximate surface area is 114 Å². The van der Waals surface area contributed by atoms with Gasteiger partial charge in [0.15, 0.2) is 6.10 Å². The first-order chi connectivity index (χ1) is 9.06. The van der Waals surface area contributed by atoms with E-state index in [0.717, 1.165) is 18.4 Å². The Kier molecular flexibility index (Phi) is 4.30. The maximum atomic E-state index is 12.0. The van der Waals surface area contributed by atoms with Crippen molar-refractivity contribution in [1.29, 1.82) is 0 Å². The van der Waals surface area contributed by atoms with Crippen LogP contribution in [0, 0.1) is 6.92 Å². The van der Waals surface area contributed by atoms with Crippen molar-refractivity contribution in [3.05, 3.63) is 23.8 Å². The summed E-state index contributed by atoms with van der Waals surface area (Å²) in [5, 5.41) is 3.04. The van der Waals surface area contributed by atoms with Crippen LogP contribution in [0.4, 0.5) is 5.69 Å². The van der Waals surface area contributed by atoms with Crippen LogP contribution in [0.1, 0.15) is 38.2 Å². The van der Waals surface area contributed by atoms with Crippen molar-refractivity contribution in [2.24, 2.45) is 0 Å². The molecule has 19 heavy (non-hydrogen) atoms. The number of nitrogens with one attached hydrogen (secondary N) is 1. The number of anilines is 1. The lowest BCUT2D eigenvalue weighted by Gasteiger charge is -2.19. The first kappa shape index (κ1) is 13.7. The lowest BCUT2D eigenvalue weighted by Crippen LogP contribution is -2.41. The second-order valence-corrected chi connectivity index (χ2v) is 5.27. The number of aryl methyl sites for hydroxylation is 1. The summed E-state index contributed by atoms with van der Waals surface area (Å²) < 4.78 is 5.71. The summed E-state index contributed by atoms with van der Waals surface area (Å²) in [6, 6.07) is 5.80. The molecule has 1 amide bonds. The van der Waals surface area contributed by atoms with Crippen LogP contribution in [0.25, 0.3) is 0 Å². The Morgan fingerprint density at radius 3 is 2.79 bits per heavy atom. The number of carbonyl (C=O) groups excluding carboxylic acids is 1. The van der Waals surface area contributed by atoms with Crippen molar-refractivity contribution in [3.63, 3.8) is 0 Å². The van der Waals surface area contributed by atoms with E-state index in [1.165, 1.54) is 12.8 Å². The van der Waals surface area contributed by atoms with E-state index in [4.69, 9.17) is 10.5 Å². The van der Waals surface area contributed by atoms with Gasteiger partial charge in [-0.15, -0.1) is 0 Å². The molecule has 1 saturated carbocycles. The number of hydrogen-bond donors (Lipinski definition) is 2. The standard InChI is InChI=1S/C15H22N2O2/c1-10-7-8-12(16)9-14(10)19-11(2)15(18)17-13-5-3-4-6-13/h7-9,11,13H,3-6,16H2,1-2H3,(H,17,18). The van der Waals surface area contributed by atoms with E-state index >= 15 is 0 Å². The molecule has 1 aromatic rings. The molecule has 0 saturated heterocycles. The molecule has 1 atom stereocenters. The summed E-state index contributed by atoms with van der Waals surface area (Å²) in [5.74, 6) is 0.628. The molecular formula is C15H22N2O2. The summed E-state index contributed by atoms with van der Waals surface area (Å²) in [5.41, 5.74) is 7.35. The van der Waals surface area contributed by atoms with Crippen LogP contribution in [0.3, 0.4) is 0 Å². The number of rotatable bonds is 4. The van der Waals surface area contributed by atoms with Gasteiger partial charge in [0.1, 0.15) is 5.75 Å². The van der Waals surface area contributed by atoms with Gasteiger partial charge in [-0.3, -0.25) is 4.79 Å². The minimum Gasteiger partial charge on any atom is -0.481 e. The average molecular weight is 262 g/mol. The molecule has 2 rings (SSSR count). The highest BCUT2D eigenvalue weighted by Gasteiger charge is 2.21. The highest BCUT2D eigenvalue weighted by atomic mass is 16.5. The summed E-state index contributed by atoms with van der Waals surface area (Å²) in [7, 11) is 0. The third-order valence-electron chi connectivity index (χ3n) is 3.59. The van der Waals surface area contributed by atoms with E-state index in [9.17, 15) is 4.79 Å². The molecule has 104 valence electrons. The minimum absolute atomic E-state index is 0.0475. The number of hydrogen-bond acceptors (Lipinski definition) is 3. The van der Waals surface area contributed by atoms with Gasteiger partial charge >= 0.3 is 0 Å². The van der Waals surface area contributed by atoms with Crippen LogP contribution in [0.15, 0.2) is 18.2 Å². The number of benzene rings is 1. The largest absolute Gasteiger partial charge is 0.481 e. The molecular weight excluding hydrogens is 240 g/mol. The van der Waals surface area contributed by atoms with Gasteiger partial charge in [0, 0.05) is 17.8 Å². The van der Waals surface area contributed by atoms with Crippen LogP contribution < -0.4 is 15.8 Å². The zero-order valence-corrected chi connectivity index (χ0v) is 11.6. The average Bonchev–Trinajstić information content (AvgIpc) is 2.86. The lowest BCUT2D eigenvalue weighted by atomic mass is 10.2. The van der Waals surface area contributed by atoms with Crippen molar-refractivity contribution in [2.75, 3.05) is 5.73 Å². The molecule has 4 heteroatoms. The summed E-state index contributed by atoms with van der Waals surface area (Å²) >= 11 is 0. The van der Waals surface area contributed by atoms with E-state index in [2.05, 4.69) is 5.32 Å². The monoisotopic (exact) mass is 262 g/mol. The van der Waals surface area contributed by atoms with Crippen molar-refractivity contribution >= 4 is 11.6 Å². The molecule has 1 fully saturated rings. The molecule has 0 bridgehead atoms. The number of nitrogen functional groups attached to an aromatic ring is 1. The Morgan fingerprint density at radius 1 is 1.42 bits per heavy atom. The molecule has 1 unspecified atom stereocenters. The number of amides is 1. The topological polar surface area (TPSA) is 64.3 Å². The second-order valence-electron chi connectivity index (χ2n) is 5.27. The Hall–Kier alpha value is -1.71. The molecule has 4 nitrogen and oxygen atoms in total. The molecule has 3 N–H and O–H groups in total.